The second kappa shape index (κ2) is 9.42. The van der Waals surface area contributed by atoms with Gasteiger partial charge in [0.15, 0.2) is 6.29 Å². The topological polar surface area (TPSA) is 117 Å². The molecule has 3 rings (SSSR count). The zero-order valence-electron chi connectivity index (χ0n) is 15.5. The van der Waals surface area contributed by atoms with E-state index in [4.69, 9.17) is 9.84 Å². The Labute approximate surface area is 171 Å². The fraction of sp³-hybridized carbons (Fsp3) is 0.300. The summed E-state index contributed by atoms with van der Waals surface area (Å²) < 4.78 is 5.75. The number of carbonyl (C=O) groups excluding carboxylic acids is 2. The van der Waals surface area contributed by atoms with Gasteiger partial charge in [-0.2, -0.15) is 11.8 Å². The van der Waals surface area contributed by atoms with Crippen LogP contribution in [0.1, 0.15) is 26.4 Å². The molecule has 0 saturated carbocycles. The van der Waals surface area contributed by atoms with Gasteiger partial charge in [-0.25, -0.2) is 0 Å². The number of carboxylic acid groups (broad SMARTS) is 1. The Morgan fingerprint density at radius 3 is 2.90 bits per heavy atom. The van der Waals surface area contributed by atoms with Crippen molar-refractivity contribution in [3.05, 3.63) is 53.3 Å². The van der Waals surface area contributed by atoms with Gasteiger partial charge in [-0.1, -0.05) is 6.07 Å². The van der Waals surface area contributed by atoms with Crippen molar-refractivity contribution in [1.29, 1.82) is 0 Å². The number of hydrogen-bond donors (Lipinski definition) is 2. The molecular weight excluding hydrogens is 396 g/mol. The summed E-state index contributed by atoms with van der Waals surface area (Å²) in [7, 11) is 0. The van der Waals surface area contributed by atoms with Crippen molar-refractivity contribution in [2.45, 2.75) is 12.5 Å². The van der Waals surface area contributed by atoms with Gasteiger partial charge in [0.05, 0.1) is 29.3 Å². The van der Waals surface area contributed by atoms with Gasteiger partial charge in [-0.3, -0.25) is 19.4 Å². The first-order valence-electron chi connectivity index (χ1n) is 8.95. The highest BCUT2D eigenvalue weighted by molar-refractivity contribution is 7.99. The molecule has 8 nitrogen and oxygen atoms in total. The van der Waals surface area contributed by atoms with E-state index in [1.54, 1.807) is 40.9 Å². The number of aliphatic carboxylic acids is 1. The number of thioether (sulfide) groups is 1. The third-order valence-corrected chi connectivity index (χ3v) is 5.61. The average Bonchev–Trinajstić information content (AvgIpc) is 2.72. The van der Waals surface area contributed by atoms with Gasteiger partial charge < -0.3 is 19.8 Å². The van der Waals surface area contributed by atoms with Crippen molar-refractivity contribution in [2.24, 2.45) is 0 Å². The molecular formula is C20H20N2O6S. The number of phenols is 1. The van der Waals surface area contributed by atoms with Crippen LogP contribution in [0.4, 0.5) is 0 Å². The number of aldehydes is 1. The van der Waals surface area contributed by atoms with E-state index >= 15 is 0 Å². The highest BCUT2D eigenvalue weighted by atomic mass is 32.2. The lowest BCUT2D eigenvalue weighted by Gasteiger charge is -2.35. The average molecular weight is 416 g/mol. The number of aromatic hydroxyl groups is 1. The molecule has 1 amide bonds. The fourth-order valence-corrected chi connectivity index (χ4v) is 4.14. The molecule has 1 aromatic carbocycles. The largest absolute Gasteiger partial charge is 0.507 e. The van der Waals surface area contributed by atoms with Crippen molar-refractivity contribution >= 4 is 29.9 Å². The minimum absolute atomic E-state index is 0.0600. The molecule has 1 atom stereocenters. The van der Waals surface area contributed by atoms with Crippen molar-refractivity contribution in [1.82, 2.24) is 9.88 Å². The van der Waals surface area contributed by atoms with Crippen LogP contribution in [0.25, 0.3) is 0 Å². The zero-order valence-corrected chi connectivity index (χ0v) is 16.3. The number of nitrogens with zero attached hydrogens (tertiary/aromatic N) is 2. The molecule has 29 heavy (non-hydrogen) atoms. The van der Waals surface area contributed by atoms with E-state index in [1.165, 1.54) is 12.3 Å². The second-order valence-electron chi connectivity index (χ2n) is 6.41. The number of aromatic nitrogens is 1. The number of ether oxygens (including phenoxy) is 1. The van der Waals surface area contributed by atoms with Gasteiger partial charge in [-0.05, 0) is 24.3 Å². The predicted molar refractivity (Wildman–Crippen MR) is 107 cm³/mol. The van der Waals surface area contributed by atoms with Gasteiger partial charge in [0, 0.05) is 24.2 Å². The molecule has 1 fully saturated rings. The first-order chi connectivity index (χ1) is 14.0. The number of carbonyl (C=O) groups is 3. The summed E-state index contributed by atoms with van der Waals surface area (Å²) in [5.41, 5.74) is 0.543. The lowest BCUT2D eigenvalue weighted by Crippen LogP contribution is -2.49. The molecule has 2 aromatic rings. The molecule has 9 heteroatoms. The lowest BCUT2D eigenvalue weighted by atomic mass is 10.1. The number of carboxylic acids is 1. The maximum Gasteiger partial charge on any atom is 0.309 e. The molecule has 0 unspecified atom stereocenters. The molecule has 0 radical (unpaired) electrons. The Morgan fingerprint density at radius 1 is 1.31 bits per heavy atom. The maximum atomic E-state index is 13.1. The minimum Gasteiger partial charge on any atom is -0.507 e. The van der Waals surface area contributed by atoms with Crippen molar-refractivity contribution in [3.63, 3.8) is 0 Å². The van der Waals surface area contributed by atoms with Gasteiger partial charge in [-0.15, -0.1) is 0 Å². The SMILES string of the molecule is O=Cc1c(O)cccc1OC[C@@H]1CSCCN1C(=O)c1cccnc1CC(=O)O. The third-order valence-electron chi connectivity index (χ3n) is 4.52. The van der Waals surface area contributed by atoms with Crippen LogP contribution in [0.15, 0.2) is 36.5 Å². The van der Waals surface area contributed by atoms with Crippen LogP contribution in [-0.2, 0) is 11.2 Å². The summed E-state index contributed by atoms with van der Waals surface area (Å²) in [5, 5.41) is 18.9. The van der Waals surface area contributed by atoms with Crippen LogP contribution < -0.4 is 4.74 Å². The zero-order chi connectivity index (χ0) is 20.8. The maximum absolute atomic E-state index is 13.1. The van der Waals surface area contributed by atoms with E-state index in [2.05, 4.69) is 4.98 Å². The van der Waals surface area contributed by atoms with E-state index < -0.39 is 5.97 Å². The normalized spacial score (nSPS) is 16.3. The number of pyridine rings is 1. The van der Waals surface area contributed by atoms with Crippen LogP contribution in [0.3, 0.4) is 0 Å². The number of amides is 1. The second-order valence-corrected chi connectivity index (χ2v) is 7.56. The number of rotatable bonds is 7. The smallest absolute Gasteiger partial charge is 0.309 e. The summed E-state index contributed by atoms with van der Waals surface area (Å²) in [6, 6.07) is 7.46. The monoisotopic (exact) mass is 416 g/mol. The summed E-state index contributed by atoms with van der Waals surface area (Å²) in [5.74, 6) is 0.109. The van der Waals surface area contributed by atoms with Crippen molar-refractivity contribution in [2.75, 3.05) is 24.7 Å². The molecule has 1 saturated heterocycles. The highest BCUT2D eigenvalue weighted by Gasteiger charge is 2.30. The molecule has 1 aliphatic rings. The van der Waals surface area contributed by atoms with Crippen molar-refractivity contribution < 1.29 is 29.3 Å². The molecule has 152 valence electrons. The number of phenolic OH excluding ortho intramolecular Hbond substituents is 1. The Balaban J connectivity index is 1.78. The van der Waals surface area contributed by atoms with Crippen molar-refractivity contribution in [3.8, 4) is 11.5 Å². The Kier molecular flexibility index (Phi) is 6.71. The van der Waals surface area contributed by atoms with Gasteiger partial charge in [0.1, 0.15) is 18.1 Å². The van der Waals surface area contributed by atoms with Gasteiger partial charge >= 0.3 is 5.97 Å². The van der Waals surface area contributed by atoms with Crippen LogP contribution in [0.2, 0.25) is 0 Å². The standard InChI is InChI=1S/C20H20N2O6S/c23-10-15-17(24)4-1-5-18(15)28-11-13-12-29-8-7-22(13)20(27)14-3-2-6-21-16(14)9-19(25)26/h1-6,10,13,24H,7-9,11-12H2,(H,25,26)/t13-/m1/s1. The Bertz CT molecular complexity index is 920. The van der Waals surface area contributed by atoms with E-state index in [-0.39, 0.29) is 53.3 Å². The van der Waals surface area contributed by atoms with E-state index in [1.807, 2.05) is 0 Å². The van der Waals surface area contributed by atoms with E-state index in [9.17, 15) is 19.5 Å². The molecule has 1 aromatic heterocycles. The predicted octanol–water partition coefficient (Wildman–Crippen LogP) is 1.86. The quantitative estimate of drug-likeness (QED) is 0.657. The van der Waals surface area contributed by atoms with Gasteiger partial charge in [0.2, 0.25) is 0 Å². The minimum atomic E-state index is -1.06. The fourth-order valence-electron chi connectivity index (χ4n) is 3.09. The summed E-state index contributed by atoms with van der Waals surface area (Å²) in [6.45, 7) is 0.622. The van der Waals surface area contributed by atoms with Crippen LogP contribution >= 0.6 is 11.8 Å². The van der Waals surface area contributed by atoms with Crippen LogP contribution in [0.5, 0.6) is 11.5 Å². The first-order valence-corrected chi connectivity index (χ1v) is 10.1. The highest BCUT2D eigenvalue weighted by Crippen LogP contribution is 2.27. The van der Waals surface area contributed by atoms with Crippen LogP contribution in [0, 0.1) is 0 Å². The Hall–Kier alpha value is -3.07. The summed E-state index contributed by atoms with van der Waals surface area (Å²) >= 11 is 1.68. The summed E-state index contributed by atoms with van der Waals surface area (Å²) in [6.07, 6.45) is 1.65. The summed E-state index contributed by atoms with van der Waals surface area (Å²) in [4.78, 5) is 41.2. The number of hydrogen-bond acceptors (Lipinski definition) is 7. The molecule has 2 heterocycles. The molecule has 0 bridgehead atoms. The molecule has 0 aliphatic carbocycles. The van der Waals surface area contributed by atoms with E-state index in [0.717, 1.165) is 5.75 Å². The van der Waals surface area contributed by atoms with Crippen LogP contribution in [-0.4, -0.2) is 69.0 Å². The number of benzene rings is 1. The molecule has 1 aliphatic heterocycles. The van der Waals surface area contributed by atoms with E-state index in [0.29, 0.717) is 18.6 Å². The molecule has 0 spiro atoms. The lowest BCUT2D eigenvalue weighted by molar-refractivity contribution is -0.136. The van der Waals surface area contributed by atoms with Gasteiger partial charge in [0.25, 0.3) is 5.91 Å². The molecule has 2 N–H and O–H groups in total. The first kappa shape index (κ1) is 20.7. The third kappa shape index (κ3) is 4.86. The Morgan fingerprint density at radius 2 is 2.14 bits per heavy atom.